The lowest BCUT2D eigenvalue weighted by Gasteiger charge is -2.04. The number of amides is 1. The van der Waals surface area contributed by atoms with Gasteiger partial charge in [-0.1, -0.05) is 18.2 Å². The number of carbonyl (C=O) groups is 2. The highest BCUT2D eigenvalue weighted by Crippen LogP contribution is 2.23. The summed E-state index contributed by atoms with van der Waals surface area (Å²) in [6.07, 6.45) is 3.01. The molecule has 0 atom stereocenters. The van der Waals surface area contributed by atoms with Crippen molar-refractivity contribution in [2.24, 2.45) is 0 Å². The molecule has 0 aliphatic heterocycles. The molecule has 0 bridgehead atoms. The van der Waals surface area contributed by atoms with Crippen molar-refractivity contribution in [1.82, 2.24) is 0 Å². The number of ether oxygens (including phenoxy) is 1. The fraction of sp³-hybridized carbons (Fsp3) is 0.111. The molecule has 2 aromatic carbocycles. The molecule has 0 fully saturated rings. The van der Waals surface area contributed by atoms with Crippen LogP contribution in [-0.4, -0.2) is 23.9 Å². The lowest BCUT2D eigenvalue weighted by atomic mass is 10.1. The molecule has 0 heterocycles. The summed E-state index contributed by atoms with van der Waals surface area (Å²) in [5, 5.41) is 12.4. The summed E-state index contributed by atoms with van der Waals surface area (Å²) in [6.45, 7) is 1.44. The van der Waals surface area contributed by atoms with E-state index in [4.69, 9.17) is 4.74 Å². The summed E-state index contributed by atoms with van der Waals surface area (Å²) in [5.41, 5.74) is 1.66. The Labute approximate surface area is 134 Å². The Balaban J connectivity index is 2.13. The van der Waals surface area contributed by atoms with E-state index >= 15 is 0 Å². The van der Waals surface area contributed by atoms with E-state index in [0.29, 0.717) is 11.4 Å². The number of carbonyl (C=O) groups excluding carboxylic acids is 2. The largest absolute Gasteiger partial charge is 0.507 e. The molecule has 0 unspecified atom stereocenters. The summed E-state index contributed by atoms with van der Waals surface area (Å²) in [6, 6.07) is 11.5. The molecule has 1 amide bonds. The van der Waals surface area contributed by atoms with Gasteiger partial charge in [-0.25, -0.2) is 0 Å². The topological polar surface area (TPSA) is 75.6 Å². The number of hydrogen-bond acceptors (Lipinski definition) is 4. The molecule has 118 valence electrons. The normalized spacial score (nSPS) is 10.5. The van der Waals surface area contributed by atoms with Gasteiger partial charge < -0.3 is 15.2 Å². The van der Waals surface area contributed by atoms with E-state index < -0.39 is 0 Å². The number of benzene rings is 2. The third-order valence-electron chi connectivity index (χ3n) is 3.13. The number of anilines is 1. The number of phenols is 1. The second-order valence-corrected chi connectivity index (χ2v) is 4.88. The molecule has 0 aliphatic rings. The number of rotatable bonds is 5. The van der Waals surface area contributed by atoms with Crippen molar-refractivity contribution in [2.75, 3.05) is 12.4 Å². The molecule has 5 nitrogen and oxygen atoms in total. The van der Waals surface area contributed by atoms with Crippen molar-refractivity contribution in [3.8, 4) is 11.5 Å². The van der Waals surface area contributed by atoms with Gasteiger partial charge in [0, 0.05) is 12.6 Å². The van der Waals surface area contributed by atoms with Gasteiger partial charge in [-0.05, 0) is 42.0 Å². The number of phenolic OH excluding ortho intramolecular Hbond substituents is 1. The minimum atomic E-state index is -0.327. The van der Waals surface area contributed by atoms with Gasteiger partial charge in [0.2, 0.25) is 5.91 Å². The Morgan fingerprint density at radius 2 is 1.83 bits per heavy atom. The first-order valence-electron chi connectivity index (χ1n) is 6.96. The Morgan fingerprint density at radius 1 is 1.13 bits per heavy atom. The van der Waals surface area contributed by atoms with E-state index in [1.165, 1.54) is 32.2 Å². The lowest BCUT2D eigenvalue weighted by Crippen LogP contribution is -2.05. The van der Waals surface area contributed by atoms with E-state index in [-0.39, 0.29) is 23.0 Å². The molecule has 0 saturated carbocycles. The van der Waals surface area contributed by atoms with E-state index in [0.717, 1.165) is 5.56 Å². The van der Waals surface area contributed by atoms with Gasteiger partial charge in [0.25, 0.3) is 0 Å². The molecular formula is C18H17NO4. The fourth-order valence-corrected chi connectivity index (χ4v) is 1.98. The van der Waals surface area contributed by atoms with Crippen molar-refractivity contribution < 1.29 is 19.4 Å². The van der Waals surface area contributed by atoms with Crippen LogP contribution in [0.15, 0.2) is 48.5 Å². The van der Waals surface area contributed by atoms with Gasteiger partial charge in [-0.3, -0.25) is 9.59 Å². The number of allylic oxidation sites excluding steroid dienone is 1. The summed E-state index contributed by atoms with van der Waals surface area (Å²) in [4.78, 5) is 23.1. The number of hydrogen-bond donors (Lipinski definition) is 2. The molecule has 2 N–H and O–H groups in total. The predicted octanol–water partition coefficient (Wildman–Crippen LogP) is 3.26. The molecule has 0 aromatic heterocycles. The van der Waals surface area contributed by atoms with Crippen LogP contribution in [0, 0.1) is 0 Å². The maximum absolute atomic E-state index is 12.2. The number of ketones is 1. The van der Waals surface area contributed by atoms with E-state index in [1.807, 2.05) is 0 Å². The quantitative estimate of drug-likeness (QED) is 0.656. The summed E-state index contributed by atoms with van der Waals surface area (Å²) in [5.74, 6) is -0.0648. The van der Waals surface area contributed by atoms with E-state index in [9.17, 15) is 14.7 Å². The third-order valence-corrected chi connectivity index (χ3v) is 3.13. The van der Waals surface area contributed by atoms with Crippen LogP contribution in [-0.2, 0) is 4.79 Å². The first kappa shape index (κ1) is 16.3. The fourth-order valence-electron chi connectivity index (χ4n) is 1.98. The van der Waals surface area contributed by atoms with Gasteiger partial charge in [-0.15, -0.1) is 0 Å². The molecule has 0 spiro atoms. The van der Waals surface area contributed by atoms with Crippen molar-refractivity contribution in [2.45, 2.75) is 6.92 Å². The van der Waals surface area contributed by atoms with Crippen molar-refractivity contribution in [3.05, 3.63) is 59.7 Å². The first-order valence-corrected chi connectivity index (χ1v) is 6.96. The molecule has 0 radical (unpaired) electrons. The number of nitrogens with one attached hydrogen (secondary N) is 1. The van der Waals surface area contributed by atoms with Crippen LogP contribution in [0.1, 0.15) is 22.8 Å². The zero-order valence-corrected chi connectivity index (χ0v) is 12.9. The van der Waals surface area contributed by atoms with Gasteiger partial charge in [-0.2, -0.15) is 0 Å². The number of aromatic hydroxyl groups is 1. The minimum absolute atomic E-state index is 0.0959. The zero-order chi connectivity index (χ0) is 16.8. The molecule has 5 heteroatoms. The summed E-state index contributed by atoms with van der Waals surface area (Å²) in [7, 11) is 1.49. The Kier molecular flexibility index (Phi) is 5.15. The molecule has 2 aromatic rings. The van der Waals surface area contributed by atoms with Gasteiger partial charge in [0.1, 0.15) is 11.5 Å². The van der Waals surface area contributed by atoms with Crippen molar-refractivity contribution in [1.29, 1.82) is 0 Å². The van der Waals surface area contributed by atoms with E-state index in [1.54, 1.807) is 36.4 Å². The Morgan fingerprint density at radius 3 is 2.43 bits per heavy atom. The molecule has 0 aliphatic carbocycles. The molecule has 0 saturated heterocycles. The molecule has 2 rings (SSSR count). The van der Waals surface area contributed by atoms with Crippen LogP contribution in [0.3, 0.4) is 0 Å². The summed E-state index contributed by atoms with van der Waals surface area (Å²) < 4.78 is 5.05. The van der Waals surface area contributed by atoms with Crippen LogP contribution in [0.5, 0.6) is 11.5 Å². The monoisotopic (exact) mass is 311 g/mol. The smallest absolute Gasteiger partial charge is 0.221 e. The Bertz CT molecular complexity index is 748. The number of methoxy groups -OCH3 is 1. The first-order chi connectivity index (χ1) is 11.0. The Hall–Kier alpha value is -3.08. The van der Waals surface area contributed by atoms with Gasteiger partial charge in [0.05, 0.1) is 12.7 Å². The van der Waals surface area contributed by atoms with Crippen molar-refractivity contribution in [3.63, 3.8) is 0 Å². The second-order valence-electron chi connectivity index (χ2n) is 4.88. The van der Waals surface area contributed by atoms with Crippen LogP contribution in [0.2, 0.25) is 0 Å². The lowest BCUT2D eigenvalue weighted by molar-refractivity contribution is -0.114. The van der Waals surface area contributed by atoms with E-state index in [2.05, 4.69) is 5.32 Å². The van der Waals surface area contributed by atoms with Crippen LogP contribution < -0.4 is 10.1 Å². The van der Waals surface area contributed by atoms with Crippen LogP contribution in [0.25, 0.3) is 6.08 Å². The highest BCUT2D eigenvalue weighted by molar-refractivity contribution is 6.08. The standard InChI is InChI=1S/C18H17NO4/c1-12(20)19-14-6-3-13(4-7-14)5-9-17(21)16-11-15(23-2)8-10-18(16)22/h3-11,22H,1-2H3,(H,19,20)/b9-5+. The zero-order valence-electron chi connectivity index (χ0n) is 12.9. The molecule has 23 heavy (non-hydrogen) atoms. The van der Waals surface area contributed by atoms with Gasteiger partial charge in [0.15, 0.2) is 5.78 Å². The second kappa shape index (κ2) is 7.26. The van der Waals surface area contributed by atoms with Crippen molar-refractivity contribution >= 4 is 23.5 Å². The van der Waals surface area contributed by atoms with Crippen LogP contribution in [0.4, 0.5) is 5.69 Å². The highest BCUT2D eigenvalue weighted by Gasteiger charge is 2.09. The third kappa shape index (κ3) is 4.44. The van der Waals surface area contributed by atoms with Crippen LogP contribution >= 0.6 is 0 Å². The predicted molar refractivity (Wildman–Crippen MR) is 88.8 cm³/mol. The average Bonchev–Trinajstić information content (AvgIpc) is 2.54. The summed E-state index contributed by atoms with van der Waals surface area (Å²) >= 11 is 0. The highest BCUT2D eigenvalue weighted by atomic mass is 16.5. The molecular weight excluding hydrogens is 294 g/mol. The maximum atomic E-state index is 12.2. The maximum Gasteiger partial charge on any atom is 0.221 e. The SMILES string of the molecule is COc1ccc(O)c(C(=O)/C=C/c2ccc(NC(C)=O)cc2)c1. The minimum Gasteiger partial charge on any atom is -0.507 e. The average molecular weight is 311 g/mol. The van der Waals surface area contributed by atoms with Gasteiger partial charge >= 0.3 is 0 Å².